The fourth-order valence-corrected chi connectivity index (χ4v) is 2.45. The van der Waals surface area contributed by atoms with Crippen molar-refractivity contribution in [3.8, 4) is 0 Å². The average Bonchev–Trinajstić information content (AvgIpc) is 2.33. The molecule has 0 saturated heterocycles. The van der Waals surface area contributed by atoms with Crippen LogP contribution in [0.15, 0.2) is 22.7 Å². The maximum Gasteiger partial charge on any atom is 0.0614 e. The Hall–Kier alpha value is -0.740. The maximum atomic E-state index is 9.20. The normalized spacial score (nSPS) is 10.9. The fraction of sp³-hybridized carbons (Fsp3) is 0.538. The molecule has 0 aliphatic carbocycles. The molecule has 1 aromatic carbocycles. The van der Waals surface area contributed by atoms with Gasteiger partial charge in [-0.2, -0.15) is 0 Å². The van der Waals surface area contributed by atoms with E-state index in [1.807, 2.05) is 18.2 Å². The van der Waals surface area contributed by atoms with Gasteiger partial charge in [-0.15, -0.1) is 0 Å². The van der Waals surface area contributed by atoms with E-state index in [-0.39, 0.29) is 6.61 Å². The first-order valence-electron chi connectivity index (χ1n) is 6.06. The topological polar surface area (TPSA) is 49.5 Å². The number of nitrogens with zero attached hydrogens (tertiary/aromatic N) is 1. The fourth-order valence-electron chi connectivity index (χ4n) is 2.10. The van der Waals surface area contributed by atoms with Crippen LogP contribution < -0.4 is 10.6 Å². The first-order valence-corrected chi connectivity index (χ1v) is 6.85. The molecule has 96 valence electrons. The van der Waals surface area contributed by atoms with Gasteiger partial charge < -0.3 is 15.7 Å². The zero-order valence-corrected chi connectivity index (χ0v) is 12.1. The predicted molar refractivity (Wildman–Crippen MR) is 77.4 cm³/mol. The molecule has 3 N–H and O–H groups in total. The predicted octanol–water partition coefficient (Wildman–Crippen LogP) is 3.02. The van der Waals surface area contributed by atoms with Crippen LogP contribution >= 0.6 is 15.9 Å². The second-order valence-corrected chi connectivity index (χ2v) is 5.01. The number of hydrogen-bond donors (Lipinski definition) is 2. The Bertz CT molecular complexity index is 353. The molecule has 3 nitrogen and oxygen atoms in total. The SMILES string of the molecule is CCC(CC)N(CCO)c1cc(Br)ccc1N. The van der Waals surface area contributed by atoms with E-state index in [0.29, 0.717) is 12.6 Å². The van der Waals surface area contributed by atoms with E-state index in [4.69, 9.17) is 5.73 Å². The summed E-state index contributed by atoms with van der Waals surface area (Å²) in [5.74, 6) is 0. The Labute approximate surface area is 112 Å². The Morgan fingerprint density at radius 2 is 2.00 bits per heavy atom. The van der Waals surface area contributed by atoms with Crippen LogP contribution in [-0.4, -0.2) is 24.3 Å². The lowest BCUT2D eigenvalue weighted by Gasteiger charge is -2.33. The standard InChI is InChI=1S/C13H21BrN2O/c1-3-11(4-2)16(7-8-17)13-9-10(14)5-6-12(13)15/h5-6,9,11,17H,3-4,7-8,15H2,1-2H3. The lowest BCUT2D eigenvalue weighted by Crippen LogP contribution is -2.37. The van der Waals surface area contributed by atoms with Crippen molar-refractivity contribution < 1.29 is 5.11 Å². The van der Waals surface area contributed by atoms with Crippen LogP contribution in [0.1, 0.15) is 26.7 Å². The number of nitrogen functional groups attached to an aromatic ring is 1. The van der Waals surface area contributed by atoms with Crippen LogP contribution in [0, 0.1) is 0 Å². The van der Waals surface area contributed by atoms with E-state index in [1.165, 1.54) is 0 Å². The van der Waals surface area contributed by atoms with Gasteiger partial charge in [0.1, 0.15) is 0 Å². The van der Waals surface area contributed by atoms with Crippen molar-refractivity contribution in [3.63, 3.8) is 0 Å². The van der Waals surface area contributed by atoms with Crippen molar-refractivity contribution in [1.82, 2.24) is 0 Å². The summed E-state index contributed by atoms with van der Waals surface area (Å²) in [6, 6.07) is 6.26. The molecule has 1 rings (SSSR count). The smallest absolute Gasteiger partial charge is 0.0614 e. The zero-order valence-electron chi connectivity index (χ0n) is 10.5. The molecule has 0 amide bonds. The summed E-state index contributed by atoms with van der Waals surface area (Å²) in [5, 5.41) is 9.20. The quantitative estimate of drug-likeness (QED) is 0.794. The second kappa shape index (κ2) is 6.87. The highest BCUT2D eigenvalue weighted by molar-refractivity contribution is 9.10. The van der Waals surface area contributed by atoms with E-state index in [9.17, 15) is 5.11 Å². The summed E-state index contributed by atoms with van der Waals surface area (Å²) >= 11 is 3.46. The number of halogens is 1. The van der Waals surface area contributed by atoms with Crippen LogP contribution in [-0.2, 0) is 0 Å². The lowest BCUT2D eigenvalue weighted by atomic mass is 10.1. The van der Waals surface area contributed by atoms with Crippen molar-refractivity contribution >= 4 is 27.3 Å². The molecular formula is C13H21BrN2O. The molecule has 0 unspecified atom stereocenters. The molecule has 0 spiro atoms. The van der Waals surface area contributed by atoms with Gasteiger partial charge in [-0.1, -0.05) is 29.8 Å². The van der Waals surface area contributed by atoms with Crippen molar-refractivity contribution in [2.75, 3.05) is 23.8 Å². The average molecular weight is 301 g/mol. The largest absolute Gasteiger partial charge is 0.397 e. The lowest BCUT2D eigenvalue weighted by molar-refractivity contribution is 0.296. The van der Waals surface area contributed by atoms with Gasteiger partial charge in [0.05, 0.1) is 18.0 Å². The van der Waals surface area contributed by atoms with Crippen LogP contribution in [0.25, 0.3) is 0 Å². The van der Waals surface area contributed by atoms with E-state index in [0.717, 1.165) is 28.7 Å². The number of anilines is 2. The number of benzene rings is 1. The number of hydrogen-bond acceptors (Lipinski definition) is 3. The molecule has 0 aromatic heterocycles. The van der Waals surface area contributed by atoms with Crippen molar-refractivity contribution in [3.05, 3.63) is 22.7 Å². The summed E-state index contributed by atoms with van der Waals surface area (Å²) in [4.78, 5) is 2.19. The van der Waals surface area contributed by atoms with Crippen LogP contribution in [0.4, 0.5) is 11.4 Å². The minimum atomic E-state index is 0.141. The highest BCUT2D eigenvalue weighted by Crippen LogP contribution is 2.29. The van der Waals surface area contributed by atoms with E-state index >= 15 is 0 Å². The second-order valence-electron chi connectivity index (χ2n) is 4.09. The summed E-state index contributed by atoms with van der Waals surface area (Å²) in [6.07, 6.45) is 2.09. The number of aliphatic hydroxyl groups is 1. The molecule has 17 heavy (non-hydrogen) atoms. The third kappa shape index (κ3) is 3.61. The van der Waals surface area contributed by atoms with Crippen LogP contribution in [0.2, 0.25) is 0 Å². The Balaban J connectivity index is 3.07. The number of aliphatic hydroxyl groups excluding tert-OH is 1. The Morgan fingerprint density at radius 1 is 1.35 bits per heavy atom. The van der Waals surface area contributed by atoms with Gasteiger partial charge in [0.2, 0.25) is 0 Å². The number of rotatable bonds is 6. The van der Waals surface area contributed by atoms with Gasteiger partial charge >= 0.3 is 0 Å². The Morgan fingerprint density at radius 3 is 2.53 bits per heavy atom. The summed E-state index contributed by atoms with van der Waals surface area (Å²) in [6.45, 7) is 5.08. The molecule has 0 atom stereocenters. The monoisotopic (exact) mass is 300 g/mol. The minimum absolute atomic E-state index is 0.141. The van der Waals surface area contributed by atoms with Gasteiger partial charge in [0, 0.05) is 17.1 Å². The van der Waals surface area contributed by atoms with Crippen LogP contribution in [0.5, 0.6) is 0 Å². The molecule has 0 aliphatic rings. The number of nitrogens with two attached hydrogens (primary N) is 1. The van der Waals surface area contributed by atoms with E-state index < -0.39 is 0 Å². The first kappa shape index (κ1) is 14.3. The van der Waals surface area contributed by atoms with Crippen molar-refractivity contribution in [2.45, 2.75) is 32.7 Å². The van der Waals surface area contributed by atoms with Gasteiger partial charge in [0.15, 0.2) is 0 Å². The summed E-state index contributed by atoms with van der Waals surface area (Å²) < 4.78 is 1.01. The molecule has 4 heteroatoms. The molecule has 1 aromatic rings. The molecule has 0 fully saturated rings. The molecule has 0 aliphatic heterocycles. The van der Waals surface area contributed by atoms with Crippen molar-refractivity contribution in [2.24, 2.45) is 0 Å². The molecule has 0 bridgehead atoms. The van der Waals surface area contributed by atoms with E-state index in [2.05, 4.69) is 34.7 Å². The zero-order chi connectivity index (χ0) is 12.8. The van der Waals surface area contributed by atoms with Crippen molar-refractivity contribution in [1.29, 1.82) is 0 Å². The highest BCUT2D eigenvalue weighted by atomic mass is 79.9. The van der Waals surface area contributed by atoms with Crippen LogP contribution in [0.3, 0.4) is 0 Å². The Kier molecular flexibility index (Phi) is 5.78. The van der Waals surface area contributed by atoms with E-state index in [1.54, 1.807) is 0 Å². The van der Waals surface area contributed by atoms with Gasteiger partial charge in [-0.3, -0.25) is 0 Å². The maximum absolute atomic E-state index is 9.20. The molecular weight excluding hydrogens is 280 g/mol. The molecule has 0 radical (unpaired) electrons. The molecule has 0 saturated carbocycles. The first-order chi connectivity index (χ1) is 8.13. The summed E-state index contributed by atoms with van der Waals surface area (Å²) in [7, 11) is 0. The van der Waals surface area contributed by atoms with Gasteiger partial charge in [-0.25, -0.2) is 0 Å². The van der Waals surface area contributed by atoms with Gasteiger partial charge in [0.25, 0.3) is 0 Å². The third-order valence-corrected chi connectivity index (χ3v) is 3.52. The van der Waals surface area contributed by atoms with Gasteiger partial charge in [-0.05, 0) is 31.0 Å². The third-order valence-electron chi connectivity index (χ3n) is 3.03. The minimum Gasteiger partial charge on any atom is -0.397 e. The molecule has 0 heterocycles. The highest BCUT2D eigenvalue weighted by Gasteiger charge is 2.17. The summed E-state index contributed by atoms with van der Waals surface area (Å²) in [5.41, 5.74) is 7.78.